The van der Waals surface area contributed by atoms with E-state index in [1.165, 1.54) is 0 Å². The smallest absolute Gasteiger partial charge is 0.246 e. The van der Waals surface area contributed by atoms with Crippen LogP contribution in [0.5, 0.6) is 0 Å². The van der Waals surface area contributed by atoms with E-state index < -0.39 is 0 Å². The standard InChI is InChI=1S/C19H27ClN4O2/c1-21-9-7-15(13-21)22(2)10-8-18(25)23-11-12-24(19(26)14-23)17-6-4-3-5-16(17)20/h3-6,15H,7-14H2,1-2H3/t15-/m0/s1. The van der Waals surface area contributed by atoms with E-state index in [0.717, 1.165) is 31.7 Å². The third-order valence-corrected chi connectivity index (χ3v) is 5.70. The van der Waals surface area contributed by atoms with Crippen LogP contribution in [0.2, 0.25) is 5.02 Å². The Morgan fingerprint density at radius 1 is 1.27 bits per heavy atom. The molecule has 0 aromatic heterocycles. The van der Waals surface area contributed by atoms with Crippen LogP contribution in [0.3, 0.4) is 0 Å². The van der Waals surface area contributed by atoms with Crippen LogP contribution in [-0.2, 0) is 9.59 Å². The number of amides is 2. The van der Waals surface area contributed by atoms with Gasteiger partial charge in [0.2, 0.25) is 11.8 Å². The summed E-state index contributed by atoms with van der Waals surface area (Å²) in [6, 6.07) is 7.84. The number of carbonyl (C=O) groups excluding carboxylic acids is 2. The second kappa shape index (κ2) is 8.37. The van der Waals surface area contributed by atoms with Crippen LogP contribution in [-0.4, -0.2) is 85.9 Å². The van der Waals surface area contributed by atoms with Gasteiger partial charge in [-0.25, -0.2) is 0 Å². The van der Waals surface area contributed by atoms with Gasteiger partial charge in [-0.1, -0.05) is 23.7 Å². The molecular formula is C19H27ClN4O2. The molecule has 0 unspecified atom stereocenters. The van der Waals surface area contributed by atoms with E-state index in [-0.39, 0.29) is 18.4 Å². The van der Waals surface area contributed by atoms with Crippen molar-refractivity contribution < 1.29 is 9.59 Å². The summed E-state index contributed by atoms with van der Waals surface area (Å²) in [5.74, 6) is -0.0289. The van der Waals surface area contributed by atoms with E-state index >= 15 is 0 Å². The molecule has 1 atom stereocenters. The third kappa shape index (κ3) is 4.37. The lowest BCUT2D eigenvalue weighted by Crippen LogP contribution is -2.53. The summed E-state index contributed by atoms with van der Waals surface area (Å²) >= 11 is 6.20. The zero-order valence-electron chi connectivity index (χ0n) is 15.5. The van der Waals surface area contributed by atoms with Gasteiger partial charge in [-0.2, -0.15) is 0 Å². The Hall–Kier alpha value is -1.63. The Bertz CT molecular complexity index is 669. The topological polar surface area (TPSA) is 47.1 Å². The molecule has 0 saturated carbocycles. The second-order valence-electron chi connectivity index (χ2n) is 7.25. The van der Waals surface area contributed by atoms with Crippen molar-refractivity contribution in [3.63, 3.8) is 0 Å². The minimum Gasteiger partial charge on any atom is -0.332 e. The Balaban J connectivity index is 1.50. The summed E-state index contributed by atoms with van der Waals surface area (Å²) in [5.41, 5.74) is 0.719. The van der Waals surface area contributed by atoms with E-state index in [2.05, 4.69) is 23.9 Å². The van der Waals surface area contributed by atoms with Crippen molar-refractivity contribution >= 4 is 29.1 Å². The van der Waals surface area contributed by atoms with Crippen molar-refractivity contribution in [1.29, 1.82) is 0 Å². The molecule has 2 heterocycles. The number of likely N-dealkylation sites (tertiary alicyclic amines) is 1. The van der Waals surface area contributed by atoms with E-state index in [1.807, 2.05) is 18.2 Å². The normalized spacial score (nSPS) is 21.7. The molecule has 0 radical (unpaired) electrons. The van der Waals surface area contributed by atoms with Gasteiger partial charge in [-0.05, 0) is 39.2 Å². The van der Waals surface area contributed by atoms with Gasteiger partial charge in [-0.3, -0.25) is 9.59 Å². The third-order valence-electron chi connectivity index (χ3n) is 5.38. The molecule has 2 aliphatic rings. The van der Waals surface area contributed by atoms with Crippen molar-refractivity contribution in [3.8, 4) is 0 Å². The first-order valence-electron chi connectivity index (χ1n) is 9.17. The second-order valence-corrected chi connectivity index (χ2v) is 7.65. The molecule has 142 valence electrons. The number of piperazine rings is 1. The van der Waals surface area contributed by atoms with Gasteiger partial charge in [0.05, 0.1) is 10.7 Å². The zero-order chi connectivity index (χ0) is 18.7. The predicted octanol–water partition coefficient (Wildman–Crippen LogP) is 1.54. The molecule has 7 heteroatoms. The first-order chi connectivity index (χ1) is 12.5. The fourth-order valence-corrected chi connectivity index (χ4v) is 3.93. The van der Waals surface area contributed by atoms with Gasteiger partial charge in [0.15, 0.2) is 0 Å². The number of carbonyl (C=O) groups is 2. The first-order valence-corrected chi connectivity index (χ1v) is 9.55. The Kier molecular flexibility index (Phi) is 6.16. The Morgan fingerprint density at radius 3 is 2.69 bits per heavy atom. The summed E-state index contributed by atoms with van der Waals surface area (Å²) in [7, 11) is 4.21. The highest BCUT2D eigenvalue weighted by Gasteiger charge is 2.29. The number of halogens is 1. The van der Waals surface area contributed by atoms with Crippen molar-refractivity contribution in [2.24, 2.45) is 0 Å². The van der Waals surface area contributed by atoms with E-state index in [4.69, 9.17) is 11.6 Å². The van der Waals surface area contributed by atoms with Gasteiger partial charge in [-0.15, -0.1) is 0 Å². The quantitative estimate of drug-likeness (QED) is 0.779. The van der Waals surface area contributed by atoms with Crippen LogP contribution >= 0.6 is 11.6 Å². The summed E-state index contributed by atoms with van der Waals surface area (Å²) in [6.45, 7) is 4.06. The van der Waals surface area contributed by atoms with Gasteiger partial charge in [0.1, 0.15) is 6.54 Å². The molecule has 1 aromatic rings. The van der Waals surface area contributed by atoms with Crippen molar-refractivity contribution in [3.05, 3.63) is 29.3 Å². The van der Waals surface area contributed by atoms with Gasteiger partial charge >= 0.3 is 0 Å². The highest BCUT2D eigenvalue weighted by molar-refractivity contribution is 6.33. The summed E-state index contributed by atoms with van der Waals surface area (Å²) in [6.07, 6.45) is 1.60. The number of nitrogens with zero attached hydrogens (tertiary/aromatic N) is 4. The number of benzene rings is 1. The Labute approximate surface area is 160 Å². The maximum atomic E-state index is 12.5. The first kappa shape index (κ1) is 19.1. The summed E-state index contributed by atoms with van der Waals surface area (Å²) in [5, 5.41) is 0.559. The van der Waals surface area contributed by atoms with Gasteiger partial charge < -0.3 is 19.6 Å². The molecule has 2 aliphatic heterocycles. The zero-order valence-corrected chi connectivity index (χ0v) is 16.3. The average molecular weight is 379 g/mol. The van der Waals surface area contributed by atoms with E-state index in [9.17, 15) is 9.59 Å². The van der Waals surface area contributed by atoms with Gasteiger partial charge in [0, 0.05) is 38.6 Å². The molecule has 6 nitrogen and oxygen atoms in total. The van der Waals surface area contributed by atoms with E-state index in [1.54, 1.807) is 15.9 Å². The largest absolute Gasteiger partial charge is 0.332 e. The number of para-hydroxylation sites is 1. The highest BCUT2D eigenvalue weighted by atomic mass is 35.5. The van der Waals surface area contributed by atoms with Crippen LogP contribution < -0.4 is 4.90 Å². The minimum atomic E-state index is -0.0801. The molecule has 0 bridgehead atoms. The monoisotopic (exact) mass is 378 g/mol. The maximum absolute atomic E-state index is 12.5. The van der Waals surface area contributed by atoms with Crippen molar-refractivity contribution in [2.45, 2.75) is 18.9 Å². The van der Waals surface area contributed by atoms with Gasteiger partial charge in [0.25, 0.3) is 0 Å². The van der Waals surface area contributed by atoms with Crippen LogP contribution in [0.1, 0.15) is 12.8 Å². The number of hydrogen-bond acceptors (Lipinski definition) is 4. The predicted molar refractivity (Wildman–Crippen MR) is 104 cm³/mol. The molecule has 2 fully saturated rings. The molecule has 1 aromatic carbocycles. The molecule has 0 aliphatic carbocycles. The fourth-order valence-electron chi connectivity index (χ4n) is 3.70. The fraction of sp³-hybridized carbons (Fsp3) is 0.579. The van der Waals surface area contributed by atoms with Crippen molar-refractivity contribution in [1.82, 2.24) is 14.7 Å². The van der Waals surface area contributed by atoms with Crippen LogP contribution in [0.25, 0.3) is 0 Å². The molecule has 0 spiro atoms. The number of anilines is 1. The number of hydrogen-bond donors (Lipinski definition) is 0. The SMILES string of the molecule is CN1CC[C@H](N(C)CCC(=O)N2CCN(c3ccccc3Cl)C(=O)C2)C1. The van der Waals surface area contributed by atoms with E-state index in [0.29, 0.717) is 30.6 Å². The molecule has 3 rings (SSSR count). The minimum absolute atomic E-state index is 0.0513. The Morgan fingerprint density at radius 2 is 2.04 bits per heavy atom. The van der Waals surface area contributed by atoms with Crippen molar-refractivity contribution in [2.75, 3.05) is 58.3 Å². The summed E-state index contributed by atoms with van der Waals surface area (Å²) < 4.78 is 0. The van der Waals surface area contributed by atoms with Crippen LogP contribution in [0, 0.1) is 0 Å². The molecule has 2 amide bonds. The van der Waals surface area contributed by atoms with Crippen LogP contribution in [0.15, 0.2) is 24.3 Å². The molecule has 26 heavy (non-hydrogen) atoms. The molecule has 2 saturated heterocycles. The molecule has 0 N–H and O–H groups in total. The lowest BCUT2D eigenvalue weighted by Gasteiger charge is -2.35. The number of likely N-dealkylation sites (N-methyl/N-ethyl adjacent to an activating group) is 2. The molecular weight excluding hydrogens is 352 g/mol. The number of rotatable bonds is 5. The summed E-state index contributed by atoms with van der Waals surface area (Å²) in [4.78, 5) is 33.0. The maximum Gasteiger partial charge on any atom is 0.246 e. The lowest BCUT2D eigenvalue weighted by atomic mass is 10.2. The average Bonchev–Trinajstić information content (AvgIpc) is 3.06. The lowest BCUT2D eigenvalue weighted by molar-refractivity contribution is -0.137. The van der Waals surface area contributed by atoms with Crippen LogP contribution in [0.4, 0.5) is 5.69 Å². The highest BCUT2D eigenvalue weighted by Crippen LogP contribution is 2.26.